The van der Waals surface area contributed by atoms with Gasteiger partial charge in [-0.3, -0.25) is 4.79 Å². The van der Waals surface area contributed by atoms with Gasteiger partial charge in [-0.05, 0) is 34.4 Å². The maximum Gasteiger partial charge on any atom is 0.221 e. The molecule has 0 aliphatic heterocycles. The monoisotopic (exact) mass is 275 g/mol. The van der Waals surface area contributed by atoms with Crippen molar-refractivity contribution in [2.45, 2.75) is 59.5 Å². The van der Waals surface area contributed by atoms with Gasteiger partial charge in [0.25, 0.3) is 0 Å². The summed E-state index contributed by atoms with van der Waals surface area (Å²) in [6.45, 7) is 12.1. The number of nitrogens with one attached hydrogen (secondary N) is 1. The van der Waals surface area contributed by atoms with Crippen LogP contribution < -0.4 is 5.32 Å². The average molecular weight is 275 g/mol. The van der Waals surface area contributed by atoms with Crippen LogP contribution in [0.4, 0.5) is 5.69 Å². The zero-order chi connectivity index (χ0) is 15.3. The van der Waals surface area contributed by atoms with E-state index >= 15 is 0 Å². The molecule has 0 aromatic heterocycles. The van der Waals surface area contributed by atoms with E-state index in [0.29, 0.717) is 0 Å². The Morgan fingerprint density at radius 1 is 1.35 bits per heavy atom. The lowest BCUT2D eigenvalue weighted by atomic mass is 9.84. The summed E-state index contributed by atoms with van der Waals surface area (Å²) in [4.78, 5) is 11.4. The number of anilines is 1. The molecule has 1 unspecified atom stereocenters. The topological polar surface area (TPSA) is 49.3 Å². The SMILES string of the molecule is CC(=O)Nc1cc(C(C)(C)C)cc2c1C(O)C(C)(C)C2. The first-order valence-electron chi connectivity index (χ1n) is 7.15. The van der Waals surface area contributed by atoms with Crippen molar-refractivity contribution in [2.24, 2.45) is 5.41 Å². The maximum atomic E-state index is 11.4. The first kappa shape index (κ1) is 15.0. The van der Waals surface area contributed by atoms with Crippen LogP contribution in [0.25, 0.3) is 0 Å². The number of hydrogen-bond donors (Lipinski definition) is 2. The Morgan fingerprint density at radius 2 is 1.95 bits per heavy atom. The van der Waals surface area contributed by atoms with Gasteiger partial charge in [0.15, 0.2) is 0 Å². The Morgan fingerprint density at radius 3 is 2.45 bits per heavy atom. The third-order valence-electron chi connectivity index (χ3n) is 4.10. The van der Waals surface area contributed by atoms with Gasteiger partial charge in [0.2, 0.25) is 5.91 Å². The van der Waals surface area contributed by atoms with Crippen molar-refractivity contribution in [3.8, 4) is 0 Å². The lowest BCUT2D eigenvalue weighted by Gasteiger charge is -2.24. The van der Waals surface area contributed by atoms with Crippen LogP contribution in [0.15, 0.2) is 12.1 Å². The van der Waals surface area contributed by atoms with Crippen molar-refractivity contribution in [1.82, 2.24) is 0 Å². The molecule has 2 N–H and O–H groups in total. The summed E-state index contributed by atoms with van der Waals surface area (Å²) in [6.07, 6.45) is 0.299. The molecule has 0 bridgehead atoms. The maximum absolute atomic E-state index is 11.4. The largest absolute Gasteiger partial charge is 0.388 e. The van der Waals surface area contributed by atoms with Crippen molar-refractivity contribution < 1.29 is 9.90 Å². The average Bonchev–Trinajstić information content (AvgIpc) is 2.47. The predicted octanol–water partition coefficient (Wildman–Crippen LogP) is 3.56. The van der Waals surface area contributed by atoms with E-state index in [-0.39, 0.29) is 16.7 Å². The Hall–Kier alpha value is -1.35. The van der Waals surface area contributed by atoms with Crippen molar-refractivity contribution >= 4 is 11.6 Å². The van der Waals surface area contributed by atoms with Crippen LogP contribution in [-0.2, 0) is 16.6 Å². The fraction of sp³-hybridized carbons (Fsp3) is 0.588. The summed E-state index contributed by atoms with van der Waals surface area (Å²) in [5.41, 5.74) is 3.81. The van der Waals surface area contributed by atoms with Crippen LogP contribution in [0.2, 0.25) is 0 Å². The number of hydrogen-bond acceptors (Lipinski definition) is 2. The molecule has 1 atom stereocenters. The van der Waals surface area contributed by atoms with Gasteiger partial charge in [0, 0.05) is 18.2 Å². The van der Waals surface area contributed by atoms with Gasteiger partial charge in [-0.2, -0.15) is 0 Å². The number of carbonyl (C=O) groups is 1. The van der Waals surface area contributed by atoms with E-state index in [4.69, 9.17) is 0 Å². The summed E-state index contributed by atoms with van der Waals surface area (Å²) >= 11 is 0. The van der Waals surface area contributed by atoms with Crippen LogP contribution in [0.5, 0.6) is 0 Å². The van der Waals surface area contributed by atoms with E-state index in [1.54, 1.807) is 0 Å². The molecule has 3 heteroatoms. The second-order valence-electron chi connectivity index (χ2n) is 7.60. The van der Waals surface area contributed by atoms with E-state index in [1.165, 1.54) is 12.5 Å². The number of rotatable bonds is 1. The lowest BCUT2D eigenvalue weighted by molar-refractivity contribution is -0.114. The summed E-state index contributed by atoms with van der Waals surface area (Å²) in [7, 11) is 0. The molecule has 0 radical (unpaired) electrons. The third-order valence-corrected chi connectivity index (χ3v) is 4.10. The fourth-order valence-corrected chi connectivity index (χ4v) is 2.89. The molecule has 0 spiro atoms. The fourth-order valence-electron chi connectivity index (χ4n) is 2.89. The molecule has 2 rings (SSSR count). The van der Waals surface area contributed by atoms with E-state index in [2.05, 4.69) is 46.0 Å². The first-order chi connectivity index (χ1) is 9.02. The Labute approximate surface area is 121 Å². The minimum Gasteiger partial charge on any atom is -0.388 e. The third kappa shape index (κ3) is 2.59. The highest BCUT2D eigenvalue weighted by Gasteiger charge is 2.40. The molecule has 0 saturated carbocycles. The molecular formula is C17H25NO2. The molecular weight excluding hydrogens is 250 g/mol. The zero-order valence-corrected chi connectivity index (χ0v) is 13.3. The normalized spacial score (nSPS) is 20.6. The van der Waals surface area contributed by atoms with Gasteiger partial charge in [0.1, 0.15) is 0 Å². The minimum atomic E-state index is -0.534. The first-order valence-corrected chi connectivity index (χ1v) is 7.15. The zero-order valence-electron chi connectivity index (χ0n) is 13.3. The summed E-state index contributed by atoms with van der Waals surface area (Å²) in [5.74, 6) is -0.102. The predicted molar refractivity (Wildman–Crippen MR) is 81.9 cm³/mol. The molecule has 1 aliphatic carbocycles. The minimum absolute atomic E-state index is 0.0138. The van der Waals surface area contributed by atoms with Crippen molar-refractivity contribution in [3.05, 3.63) is 28.8 Å². The molecule has 1 aromatic carbocycles. The lowest BCUT2D eigenvalue weighted by Crippen LogP contribution is -2.18. The van der Waals surface area contributed by atoms with E-state index in [0.717, 1.165) is 23.2 Å². The van der Waals surface area contributed by atoms with Crippen molar-refractivity contribution in [2.75, 3.05) is 5.32 Å². The van der Waals surface area contributed by atoms with Gasteiger partial charge in [-0.1, -0.05) is 40.7 Å². The highest BCUT2D eigenvalue weighted by Crippen LogP contribution is 2.49. The van der Waals surface area contributed by atoms with Gasteiger partial charge in [-0.15, -0.1) is 0 Å². The molecule has 0 saturated heterocycles. The number of aliphatic hydroxyl groups excluding tert-OH is 1. The number of amides is 1. The van der Waals surface area contributed by atoms with Crippen LogP contribution in [0.1, 0.15) is 64.3 Å². The Balaban J connectivity index is 2.61. The van der Waals surface area contributed by atoms with E-state index < -0.39 is 6.10 Å². The molecule has 1 aromatic rings. The molecule has 1 amide bonds. The highest BCUT2D eigenvalue weighted by atomic mass is 16.3. The summed E-state index contributed by atoms with van der Waals surface area (Å²) in [5, 5.41) is 13.4. The van der Waals surface area contributed by atoms with Crippen LogP contribution in [0, 0.1) is 5.41 Å². The molecule has 20 heavy (non-hydrogen) atoms. The molecule has 0 heterocycles. The Kier molecular flexibility index (Phi) is 3.45. The van der Waals surface area contributed by atoms with Gasteiger partial charge < -0.3 is 10.4 Å². The number of benzene rings is 1. The molecule has 3 nitrogen and oxygen atoms in total. The second-order valence-corrected chi connectivity index (χ2v) is 7.60. The van der Waals surface area contributed by atoms with Gasteiger partial charge in [0.05, 0.1) is 6.10 Å². The quantitative estimate of drug-likeness (QED) is 0.823. The van der Waals surface area contributed by atoms with Crippen molar-refractivity contribution in [3.63, 3.8) is 0 Å². The summed E-state index contributed by atoms with van der Waals surface area (Å²) < 4.78 is 0. The molecule has 0 fully saturated rings. The number of fused-ring (bicyclic) bond motifs is 1. The molecule has 1 aliphatic rings. The van der Waals surface area contributed by atoms with Crippen molar-refractivity contribution in [1.29, 1.82) is 0 Å². The summed E-state index contributed by atoms with van der Waals surface area (Å²) in [6, 6.07) is 4.18. The smallest absolute Gasteiger partial charge is 0.221 e. The van der Waals surface area contributed by atoms with Gasteiger partial charge >= 0.3 is 0 Å². The van der Waals surface area contributed by atoms with Crippen LogP contribution in [0.3, 0.4) is 0 Å². The van der Waals surface area contributed by atoms with Crippen LogP contribution in [-0.4, -0.2) is 11.0 Å². The molecule has 110 valence electrons. The Bertz CT molecular complexity index is 553. The number of carbonyl (C=O) groups excluding carboxylic acids is 1. The van der Waals surface area contributed by atoms with Gasteiger partial charge in [-0.25, -0.2) is 0 Å². The highest BCUT2D eigenvalue weighted by molar-refractivity contribution is 5.90. The standard InChI is InChI=1S/C17H25NO2/c1-10(19)18-13-8-12(16(2,3)4)7-11-9-17(5,6)15(20)14(11)13/h7-8,15,20H,9H2,1-6H3,(H,18,19). The second kappa shape index (κ2) is 4.59. The number of aliphatic hydroxyl groups is 1. The van der Waals surface area contributed by atoms with E-state index in [9.17, 15) is 9.90 Å². The van der Waals surface area contributed by atoms with Crippen LogP contribution >= 0.6 is 0 Å². The van der Waals surface area contributed by atoms with E-state index in [1.807, 2.05) is 6.07 Å².